The second-order valence-corrected chi connectivity index (χ2v) is 9.48. The fourth-order valence-electron chi connectivity index (χ4n) is 4.23. The van der Waals surface area contributed by atoms with Crippen molar-refractivity contribution in [3.05, 3.63) is 69.3 Å². The summed E-state index contributed by atoms with van der Waals surface area (Å²) in [5, 5.41) is 10.9. The molecule has 0 amide bonds. The predicted molar refractivity (Wildman–Crippen MR) is 117 cm³/mol. The molecule has 2 aromatic rings. The van der Waals surface area contributed by atoms with Gasteiger partial charge in [-0.1, -0.05) is 12.1 Å². The minimum atomic E-state index is -3.70. The summed E-state index contributed by atoms with van der Waals surface area (Å²) in [5.41, 5.74) is 1.21. The average molecular weight is 458 g/mol. The number of nitro groups is 1. The van der Waals surface area contributed by atoms with Crippen molar-refractivity contribution in [2.75, 3.05) is 13.2 Å². The van der Waals surface area contributed by atoms with Crippen molar-refractivity contribution in [1.82, 2.24) is 4.90 Å². The van der Waals surface area contributed by atoms with Gasteiger partial charge in [-0.3, -0.25) is 10.1 Å². The van der Waals surface area contributed by atoms with Gasteiger partial charge in [0.1, 0.15) is 4.90 Å². The third-order valence-electron chi connectivity index (χ3n) is 5.83. The van der Waals surface area contributed by atoms with Crippen LogP contribution in [0.4, 0.5) is 5.69 Å². The Hall–Kier alpha value is -3.27. The molecule has 0 spiro atoms. The number of benzene rings is 2. The molecule has 1 atom stereocenters. The lowest BCUT2D eigenvalue weighted by Crippen LogP contribution is -2.44. The molecular weight excluding hydrogens is 434 g/mol. The molecule has 2 aliphatic rings. The zero-order valence-corrected chi connectivity index (χ0v) is 18.4. The van der Waals surface area contributed by atoms with Gasteiger partial charge in [-0.15, -0.1) is 4.40 Å². The molecule has 0 N–H and O–H groups in total. The van der Waals surface area contributed by atoms with Crippen LogP contribution in [0.1, 0.15) is 47.2 Å². The number of fused-ring (bicyclic) bond motifs is 1. The normalized spacial score (nSPS) is 19.2. The first kappa shape index (κ1) is 21.9. The number of carbonyl (C=O) groups excluding carboxylic acids is 1. The van der Waals surface area contributed by atoms with Gasteiger partial charge < -0.3 is 9.64 Å². The van der Waals surface area contributed by atoms with Gasteiger partial charge in [0, 0.05) is 36.2 Å². The van der Waals surface area contributed by atoms with E-state index in [1.807, 2.05) is 4.90 Å². The fraction of sp³-hybridized carbons (Fsp3) is 0.364. The number of ether oxygens (including phenoxy) is 1. The Bertz CT molecular complexity index is 1210. The zero-order valence-electron chi connectivity index (χ0n) is 17.6. The lowest BCUT2D eigenvalue weighted by Gasteiger charge is -2.37. The topological polar surface area (TPSA) is 119 Å². The van der Waals surface area contributed by atoms with E-state index < -0.39 is 20.9 Å². The number of likely N-dealkylation sites (tertiary alicyclic amines) is 1. The Morgan fingerprint density at radius 3 is 2.78 bits per heavy atom. The van der Waals surface area contributed by atoms with E-state index in [0.29, 0.717) is 29.9 Å². The fourth-order valence-corrected chi connectivity index (χ4v) is 5.45. The van der Waals surface area contributed by atoms with Gasteiger partial charge in [-0.25, -0.2) is 4.79 Å². The SMILES string of the molecule is Cc1cc(C(=O)OCCC2CCCCN2C2=NS(=O)(=O)c3ccccc32)ccc1[N+](=O)[O-]. The Morgan fingerprint density at radius 1 is 1.25 bits per heavy atom. The quantitative estimate of drug-likeness (QED) is 0.383. The minimum absolute atomic E-state index is 0.00440. The summed E-state index contributed by atoms with van der Waals surface area (Å²) < 4.78 is 34.3. The van der Waals surface area contributed by atoms with Gasteiger partial charge in [0.25, 0.3) is 15.7 Å². The zero-order chi connectivity index (χ0) is 22.9. The third kappa shape index (κ3) is 4.22. The minimum Gasteiger partial charge on any atom is -0.462 e. The standard InChI is InChI=1S/C22H23N3O6S/c1-15-14-16(9-10-19(15)25(27)28)22(26)31-13-11-17-6-4-5-12-24(17)21-18-7-2-3-8-20(18)32(29,30)23-21/h2-3,7-10,14,17H,4-6,11-13H2,1H3. The highest BCUT2D eigenvalue weighted by Crippen LogP contribution is 2.31. The average Bonchev–Trinajstić information content (AvgIpc) is 3.04. The summed E-state index contributed by atoms with van der Waals surface area (Å²) in [4.78, 5) is 25.1. The van der Waals surface area contributed by atoms with Crippen LogP contribution in [0.25, 0.3) is 0 Å². The van der Waals surface area contributed by atoms with Crippen molar-refractivity contribution >= 4 is 27.5 Å². The van der Waals surface area contributed by atoms with Crippen molar-refractivity contribution in [3.63, 3.8) is 0 Å². The van der Waals surface area contributed by atoms with E-state index in [-0.39, 0.29) is 28.8 Å². The first-order valence-corrected chi connectivity index (χ1v) is 11.8. The van der Waals surface area contributed by atoms with Crippen LogP contribution in [0.3, 0.4) is 0 Å². The molecule has 0 aromatic heterocycles. The van der Waals surface area contributed by atoms with Crippen LogP contribution in [0.5, 0.6) is 0 Å². The summed E-state index contributed by atoms with van der Waals surface area (Å²) in [6, 6.07) is 10.9. The van der Waals surface area contributed by atoms with E-state index >= 15 is 0 Å². The highest BCUT2D eigenvalue weighted by atomic mass is 32.2. The second-order valence-electron chi connectivity index (χ2n) is 7.91. The maximum atomic E-state index is 12.4. The van der Waals surface area contributed by atoms with E-state index in [2.05, 4.69) is 4.40 Å². The number of amidine groups is 1. The molecule has 1 unspecified atom stereocenters. The molecule has 0 radical (unpaired) electrons. The van der Waals surface area contributed by atoms with Gasteiger partial charge in [0.2, 0.25) is 0 Å². The molecular formula is C22H23N3O6S. The van der Waals surface area contributed by atoms with Crippen molar-refractivity contribution in [2.45, 2.75) is 43.5 Å². The molecule has 10 heteroatoms. The third-order valence-corrected chi connectivity index (χ3v) is 7.15. The number of nitrogens with zero attached hydrogens (tertiary/aromatic N) is 3. The Labute approximate surface area is 185 Å². The number of aryl methyl sites for hydroxylation is 1. The van der Waals surface area contributed by atoms with Crippen LogP contribution in [0, 0.1) is 17.0 Å². The van der Waals surface area contributed by atoms with E-state index in [1.54, 1.807) is 31.2 Å². The molecule has 0 saturated carbocycles. The summed E-state index contributed by atoms with van der Waals surface area (Å²) in [6.45, 7) is 2.41. The molecule has 168 valence electrons. The number of esters is 1. The molecule has 32 heavy (non-hydrogen) atoms. The largest absolute Gasteiger partial charge is 0.462 e. The lowest BCUT2D eigenvalue weighted by atomic mass is 9.98. The van der Waals surface area contributed by atoms with E-state index in [9.17, 15) is 23.3 Å². The van der Waals surface area contributed by atoms with Crippen LogP contribution < -0.4 is 0 Å². The molecule has 9 nitrogen and oxygen atoms in total. The number of hydrogen-bond acceptors (Lipinski definition) is 7. The highest BCUT2D eigenvalue weighted by molar-refractivity contribution is 7.90. The molecule has 0 bridgehead atoms. The highest BCUT2D eigenvalue weighted by Gasteiger charge is 2.35. The Morgan fingerprint density at radius 2 is 2.03 bits per heavy atom. The van der Waals surface area contributed by atoms with E-state index in [0.717, 1.165) is 19.3 Å². The van der Waals surface area contributed by atoms with Crippen molar-refractivity contribution in [3.8, 4) is 0 Å². The maximum Gasteiger partial charge on any atom is 0.338 e. The van der Waals surface area contributed by atoms with Gasteiger partial charge in [0.05, 0.1) is 17.1 Å². The van der Waals surface area contributed by atoms with Crippen molar-refractivity contribution in [2.24, 2.45) is 4.40 Å². The van der Waals surface area contributed by atoms with Gasteiger partial charge >= 0.3 is 5.97 Å². The van der Waals surface area contributed by atoms with Crippen LogP contribution in [0.15, 0.2) is 51.8 Å². The van der Waals surface area contributed by atoms with E-state index in [4.69, 9.17) is 4.74 Å². The van der Waals surface area contributed by atoms with Gasteiger partial charge in [0.15, 0.2) is 5.84 Å². The van der Waals surface area contributed by atoms with Crippen molar-refractivity contribution in [1.29, 1.82) is 0 Å². The van der Waals surface area contributed by atoms with Crippen LogP contribution in [-0.2, 0) is 14.8 Å². The van der Waals surface area contributed by atoms with Crippen LogP contribution in [-0.4, -0.2) is 49.2 Å². The van der Waals surface area contributed by atoms with Crippen LogP contribution in [0.2, 0.25) is 0 Å². The second kappa shape index (κ2) is 8.70. The molecule has 1 saturated heterocycles. The first-order valence-electron chi connectivity index (χ1n) is 10.4. The molecule has 0 aliphatic carbocycles. The molecule has 1 fully saturated rings. The molecule has 2 aliphatic heterocycles. The summed E-state index contributed by atoms with van der Waals surface area (Å²) in [7, 11) is -3.70. The lowest BCUT2D eigenvalue weighted by molar-refractivity contribution is -0.385. The Kier molecular flexibility index (Phi) is 5.96. The monoisotopic (exact) mass is 457 g/mol. The smallest absolute Gasteiger partial charge is 0.338 e. The molecule has 4 rings (SSSR count). The summed E-state index contributed by atoms with van der Waals surface area (Å²) in [5.74, 6) is -0.0842. The number of hydrogen-bond donors (Lipinski definition) is 0. The summed E-state index contributed by atoms with van der Waals surface area (Å²) in [6.07, 6.45) is 3.30. The van der Waals surface area contributed by atoms with Crippen LogP contribution >= 0.6 is 0 Å². The van der Waals surface area contributed by atoms with Gasteiger partial charge in [-0.2, -0.15) is 8.42 Å². The predicted octanol–water partition coefficient (Wildman–Crippen LogP) is 3.45. The number of carbonyl (C=O) groups is 1. The van der Waals surface area contributed by atoms with Crippen molar-refractivity contribution < 1.29 is 22.9 Å². The number of piperidine rings is 1. The molecule has 2 aromatic carbocycles. The maximum absolute atomic E-state index is 12.4. The summed E-state index contributed by atoms with van der Waals surface area (Å²) >= 11 is 0. The molecule has 2 heterocycles. The number of nitro benzene ring substituents is 1. The Balaban J connectivity index is 1.44. The number of sulfonamides is 1. The number of rotatable bonds is 5. The van der Waals surface area contributed by atoms with E-state index in [1.165, 1.54) is 18.2 Å². The van der Waals surface area contributed by atoms with Gasteiger partial charge in [-0.05, 0) is 50.5 Å². The first-order chi connectivity index (χ1) is 15.3.